The minimum Gasteiger partial charge on any atom is -0.444 e. The fourth-order valence-corrected chi connectivity index (χ4v) is 4.99. The first-order chi connectivity index (χ1) is 16.1. The fraction of sp³-hybridized carbons (Fsp3) is 0.458. The Balaban J connectivity index is 1.38. The molecule has 1 amide bonds. The maximum Gasteiger partial charge on any atom is 0.410 e. The molecule has 3 atom stereocenters. The van der Waals surface area contributed by atoms with Crippen LogP contribution in [0.15, 0.2) is 30.5 Å². The molecule has 2 aliphatic rings. The number of halogens is 3. The van der Waals surface area contributed by atoms with Gasteiger partial charge in [0.05, 0.1) is 0 Å². The summed E-state index contributed by atoms with van der Waals surface area (Å²) in [4.78, 5) is 18.8. The highest BCUT2D eigenvalue weighted by Crippen LogP contribution is 2.39. The predicted octanol–water partition coefficient (Wildman–Crippen LogP) is 4.87. The van der Waals surface area contributed by atoms with Crippen molar-refractivity contribution in [3.8, 4) is 11.1 Å². The van der Waals surface area contributed by atoms with Gasteiger partial charge in [-0.25, -0.2) is 22.5 Å². The molecule has 34 heavy (non-hydrogen) atoms. The van der Waals surface area contributed by atoms with Gasteiger partial charge in [0, 0.05) is 36.5 Å². The van der Waals surface area contributed by atoms with Crippen LogP contribution in [0.2, 0.25) is 0 Å². The second-order valence-electron chi connectivity index (χ2n) is 10.0. The monoisotopic (exact) mass is 473 g/mol. The number of fused-ring (bicyclic) bond motifs is 3. The molecule has 1 aliphatic carbocycles. The van der Waals surface area contributed by atoms with Crippen LogP contribution in [0.3, 0.4) is 0 Å². The van der Waals surface area contributed by atoms with Crippen molar-refractivity contribution in [1.29, 1.82) is 0 Å². The summed E-state index contributed by atoms with van der Waals surface area (Å²) < 4.78 is 48.7. The predicted molar refractivity (Wildman–Crippen MR) is 120 cm³/mol. The standard InChI is InChI=1S/C24H26F3N5O2/c1-24(2,3)34-23(33)31-11-13-6-7-14(12-31)20(13)28-22-29-21-16(5-4-10-32(21)30-22)15-8-9-17(25)19(27)18(15)26/h4-5,8-10,13-14,20H,6-7,11-12H2,1-3H3,(H,28,30)/t13-,14+,20-. The molecule has 5 rings (SSSR count). The smallest absolute Gasteiger partial charge is 0.410 e. The Bertz CT molecular complexity index is 1240. The lowest BCUT2D eigenvalue weighted by Gasteiger charge is -2.38. The number of amides is 1. The molecule has 0 radical (unpaired) electrons. The van der Waals surface area contributed by atoms with Crippen molar-refractivity contribution in [1.82, 2.24) is 19.5 Å². The Morgan fingerprint density at radius 1 is 1.06 bits per heavy atom. The van der Waals surface area contributed by atoms with Gasteiger partial charge in [0.2, 0.25) is 5.95 Å². The van der Waals surface area contributed by atoms with Gasteiger partial charge in [-0.1, -0.05) is 0 Å². The van der Waals surface area contributed by atoms with Crippen LogP contribution < -0.4 is 5.32 Å². The number of likely N-dealkylation sites (tertiary alicyclic amines) is 1. The van der Waals surface area contributed by atoms with E-state index in [0.717, 1.165) is 18.9 Å². The van der Waals surface area contributed by atoms with Crippen molar-refractivity contribution in [2.75, 3.05) is 18.4 Å². The van der Waals surface area contributed by atoms with E-state index in [9.17, 15) is 18.0 Å². The first-order valence-corrected chi connectivity index (χ1v) is 11.3. The number of rotatable bonds is 3. The largest absolute Gasteiger partial charge is 0.444 e. The van der Waals surface area contributed by atoms with Crippen molar-refractivity contribution in [2.24, 2.45) is 11.8 Å². The molecule has 2 aromatic heterocycles. The number of carbonyl (C=O) groups excluding carboxylic acids is 1. The van der Waals surface area contributed by atoms with Gasteiger partial charge in [0.1, 0.15) is 5.60 Å². The van der Waals surface area contributed by atoms with Crippen molar-refractivity contribution < 1.29 is 22.7 Å². The molecule has 3 aromatic rings. The quantitative estimate of drug-likeness (QED) is 0.550. The molecule has 10 heteroatoms. The van der Waals surface area contributed by atoms with E-state index in [-0.39, 0.29) is 29.5 Å². The van der Waals surface area contributed by atoms with Crippen LogP contribution in [0.4, 0.5) is 23.9 Å². The summed E-state index contributed by atoms with van der Waals surface area (Å²) in [6.45, 7) is 6.72. The Morgan fingerprint density at radius 2 is 1.76 bits per heavy atom. The average Bonchev–Trinajstić information content (AvgIpc) is 3.27. The number of hydrogen-bond donors (Lipinski definition) is 1. The first kappa shape index (κ1) is 22.5. The second-order valence-corrected chi connectivity index (χ2v) is 10.0. The summed E-state index contributed by atoms with van der Waals surface area (Å²) in [6, 6.07) is 5.40. The molecule has 2 fully saturated rings. The summed E-state index contributed by atoms with van der Waals surface area (Å²) in [6.07, 6.45) is 3.31. The van der Waals surface area contributed by atoms with Crippen molar-refractivity contribution >= 4 is 17.7 Å². The van der Waals surface area contributed by atoms with E-state index in [1.807, 2.05) is 20.8 Å². The number of pyridine rings is 1. The van der Waals surface area contributed by atoms with Gasteiger partial charge in [-0.15, -0.1) is 5.10 Å². The highest BCUT2D eigenvalue weighted by atomic mass is 19.2. The molecule has 3 heterocycles. The topological polar surface area (TPSA) is 71.8 Å². The van der Waals surface area contributed by atoms with Gasteiger partial charge in [-0.05, 0) is 69.7 Å². The molecule has 2 bridgehead atoms. The number of ether oxygens (including phenoxy) is 1. The molecule has 1 aliphatic heterocycles. The lowest BCUT2D eigenvalue weighted by molar-refractivity contribution is 0.0141. The Kier molecular flexibility index (Phi) is 5.41. The number of nitrogens with one attached hydrogen (secondary N) is 1. The second kappa shape index (κ2) is 8.18. The summed E-state index contributed by atoms with van der Waals surface area (Å²) in [5.41, 5.74) is 0.000783. The van der Waals surface area contributed by atoms with Gasteiger partial charge < -0.3 is 15.0 Å². The normalized spacial score (nSPS) is 22.3. The van der Waals surface area contributed by atoms with E-state index in [4.69, 9.17) is 4.74 Å². The summed E-state index contributed by atoms with van der Waals surface area (Å²) >= 11 is 0. The molecule has 1 saturated carbocycles. The van der Waals surface area contributed by atoms with Crippen LogP contribution in [0.25, 0.3) is 16.8 Å². The molecule has 1 N–H and O–H groups in total. The molecule has 0 spiro atoms. The van der Waals surface area contributed by atoms with Crippen LogP contribution in [0.1, 0.15) is 33.6 Å². The summed E-state index contributed by atoms with van der Waals surface area (Å²) in [7, 11) is 0. The molecular weight excluding hydrogens is 447 g/mol. The molecule has 1 aromatic carbocycles. The third-order valence-electron chi connectivity index (χ3n) is 6.47. The number of anilines is 1. The molecule has 1 saturated heterocycles. The van der Waals surface area contributed by atoms with Gasteiger partial charge in [-0.2, -0.15) is 4.98 Å². The highest BCUT2D eigenvalue weighted by molar-refractivity contribution is 5.78. The van der Waals surface area contributed by atoms with Gasteiger partial charge in [0.25, 0.3) is 0 Å². The molecule has 0 unspecified atom stereocenters. The van der Waals surface area contributed by atoms with Crippen molar-refractivity contribution in [2.45, 2.75) is 45.3 Å². The zero-order valence-corrected chi connectivity index (χ0v) is 19.2. The maximum atomic E-state index is 14.4. The van der Waals surface area contributed by atoms with E-state index < -0.39 is 23.1 Å². The molecular formula is C24H26F3N5O2. The zero-order valence-electron chi connectivity index (χ0n) is 19.2. The van der Waals surface area contributed by atoms with E-state index >= 15 is 0 Å². The molecule has 180 valence electrons. The zero-order chi connectivity index (χ0) is 24.2. The average molecular weight is 473 g/mol. The number of carbonyl (C=O) groups is 1. The lowest BCUT2D eigenvalue weighted by Crippen LogP contribution is -2.51. The number of aromatic nitrogens is 3. The van der Waals surface area contributed by atoms with E-state index in [1.54, 1.807) is 23.2 Å². The van der Waals surface area contributed by atoms with Gasteiger partial charge in [0.15, 0.2) is 23.1 Å². The van der Waals surface area contributed by atoms with Crippen molar-refractivity contribution in [3.63, 3.8) is 0 Å². The summed E-state index contributed by atoms with van der Waals surface area (Å²) in [5.74, 6) is -3.22. The Morgan fingerprint density at radius 3 is 2.44 bits per heavy atom. The minimum absolute atomic E-state index is 0.0829. The minimum atomic E-state index is -1.52. The highest BCUT2D eigenvalue weighted by Gasteiger charge is 2.44. The van der Waals surface area contributed by atoms with E-state index in [2.05, 4.69) is 15.4 Å². The first-order valence-electron chi connectivity index (χ1n) is 11.3. The van der Waals surface area contributed by atoms with Crippen molar-refractivity contribution in [3.05, 3.63) is 47.9 Å². The van der Waals surface area contributed by atoms with Crippen LogP contribution in [-0.4, -0.2) is 50.3 Å². The fourth-order valence-electron chi connectivity index (χ4n) is 4.99. The molecule has 7 nitrogen and oxygen atoms in total. The third-order valence-corrected chi connectivity index (χ3v) is 6.47. The third kappa shape index (κ3) is 4.05. The van der Waals surface area contributed by atoms with E-state index in [0.29, 0.717) is 30.2 Å². The van der Waals surface area contributed by atoms with E-state index in [1.165, 1.54) is 10.6 Å². The number of nitrogens with zero attached hydrogens (tertiary/aromatic N) is 4. The summed E-state index contributed by atoms with van der Waals surface area (Å²) in [5, 5.41) is 7.87. The van der Waals surface area contributed by atoms with Gasteiger partial charge in [-0.3, -0.25) is 0 Å². The maximum absolute atomic E-state index is 14.4. The van der Waals surface area contributed by atoms with Crippen LogP contribution in [0, 0.1) is 29.3 Å². The van der Waals surface area contributed by atoms with Crippen LogP contribution in [-0.2, 0) is 4.74 Å². The Hall–Kier alpha value is -3.30. The number of hydrogen-bond acceptors (Lipinski definition) is 5. The number of piperidine rings is 1. The Labute approximate surface area is 194 Å². The van der Waals surface area contributed by atoms with Crippen LogP contribution >= 0.6 is 0 Å². The van der Waals surface area contributed by atoms with Gasteiger partial charge >= 0.3 is 6.09 Å². The lowest BCUT2D eigenvalue weighted by atomic mass is 9.92. The SMILES string of the molecule is CC(C)(C)OC(=O)N1C[C@H]2CC[C@@H](C1)[C@@H]2Nc1nc2c(-c3ccc(F)c(F)c3F)cccn2n1. The van der Waals surface area contributed by atoms with Crippen LogP contribution in [0.5, 0.6) is 0 Å². The number of benzene rings is 1.